The van der Waals surface area contributed by atoms with E-state index in [2.05, 4.69) is 4.90 Å². The maximum Gasteiger partial charge on any atom is 0.401 e. The highest BCUT2D eigenvalue weighted by Crippen LogP contribution is 2.23. The third kappa shape index (κ3) is 3.72. The number of carbonyl (C=O) groups is 1. The van der Waals surface area contributed by atoms with Gasteiger partial charge in [0.25, 0.3) is 0 Å². The average molecular weight is 286 g/mol. The Bertz CT molecular complexity index is 480. The van der Waals surface area contributed by atoms with Gasteiger partial charge in [-0.2, -0.15) is 13.2 Å². The van der Waals surface area contributed by atoms with Crippen LogP contribution in [-0.4, -0.2) is 50.1 Å². The molecule has 2 rings (SSSR count). The van der Waals surface area contributed by atoms with Crippen molar-refractivity contribution in [2.45, 2.75) is 13.1 Å². The molecular formula is C14H17F3N2O. The lowest BCUT2D eigenvalue weighted by atomic mass is 10.1. The molecule has 1 aromatic carbocycles. The molecule has 3 nitrogen and oxygen atoms in total. The van der Waals surface area contributed by atoms with E-state index in [0.717, 1.165) is 17.5 Å². The van der Waals surface area contributed by atoms with Gasteiger partial charge in [0.05, 0.1) is 6.54 Å². The molecule has 1 aliphatic heterocycles. The molecule has 1 heterocycles. The molecule has 1 fully saturated rings. The molecule has 0 radical (unpaired) electrons. The first kappa shape index (κ1) is 14.8. The van der Waals surface area contributed by atoms with Gasteiger partial charge in [0.15, 0.2) is 0 Å². The second kappa shape index (κ2) is 5.83. The van der Waals surface area contributed by atoms with Gasteiger partial charge in [-0.05, 0) is 30.7 Å². The Balaban J connectivity index is 1.98. The molecule has 0 aliphatic carbocycles. The fourth-order valence-electron chi connectivity index (χ4n) is 2.51. The van der Waals surface area contributed by atoms with Crippen LogP contribution >= 0.6 is 0 Å². The zero-order valence-electron chi connectivity index (χ0n) is 11.3. The number of carbonyl (C=O) groups excluding carboxylic acids is 1. The van der Waals surface area contributed by atoms with Gasteiger partial charge in [0.2, 0.25) is 0 Å². The second-order valence-electron chi connectivity index (χ2n) is 5.04. The van der Waals surface area contributed by atoms with E-state index in [1.165, 1.54) is 4.90 Å². The standard InChI is InChI=1S/C14H17F3N2O/c1-11-8-12(9-20)2-3-13(11)19-6-4-18(5-7-19)10-14(15,16)17/h2-3,8-9H,4-7,10H2,1H3. The molecule has 0 N–H and O–H groups in total. The maximum absolute atomic E-state index is 12.3. The summed E-state index contributed by atoms with van der Waals surface area (Å²) in [6.07, 6.45) is -3.35. The SMILES string of the molecule is Cc1cc(C=O)ccc1N1CCN(CC(F)(F)F)CC1. The fourth-order valence-corrected chi connectivity index (χ4v) is 2.51. The van der Waals surface area contributed by atoms with E-state index in [0.29, 0.717) is 31.7 Å². The van der Waals surface area contributed by atoms with Crippen molar-refractivity contribution < 1.29 is 18.0 Å². The molecule has 0 unspecified atom stereocenters. The van der Waals surface area contributed by atoms with Crippen LogP contribution in [0.3, 0.4) is 0 Å². The monoisotopic (exact) mass is 286 g/mol. The first-order valence-electron chi connectivity index (χ1n) is 6.49. The molecule has 6 heteroatoms. The largest absolute Gasteiger partial charge is 0.401 e. The molecule has 0 bridgehead atoms. The lowest BCUT2D eigenvalue weighted by molar-refractivity contribution is -0.146. The van der Waals surface area contributed by atoms with Gasteiger partial charge in [0.1, 0.15) is 6.29 Å². The smallest absolute Gasteiger partial charge is 0.369 e. The van der Waals surface area contributed by atoms with Gasteiger partial charge >= 0.3 is 6.18 Å². The minimum absolute atomic E-state index is 0.397. The number of halogens is 3. The summed E-state index contributed by atoms with van der Waals surface area (Å²) in [5, 5.41) is 0. The summed E-state index contributed by atoms with van der Waals surface area (Å²) < 4.78 is 37.0. The lowest BCUT2D eigenvalue weighted by Gasteiger charge is -2.37. The Morgan fingerprint density at radius 2 is 1.85 bits per heavy atom. The summed E-state index contributed by atoms with van der Waals surface area (Å²) in [6.45, 7) is 2.99. The first-order chi connectivity index (χ1) is 9.39. The van der Waals surface area contributed by atoms with Gasteiger partial charge in [-0.25, -0.2) is 0 Å². The zero-order chi connectivity index (χ0) is 14.8. The molecule has 0 amide bonds. The molecule has 20 heavy (non-hydrogen) atoms. The number of rotatable bonds is 3. The van der Waals surface area contributed by atoms with Crippen molar-refractivity contribution in [2.24, 2.45) is 0 Å². The van der Waals surface area contributed by atoms with E-state index in [1.54, 1.807) is 12.1 Å². The molecule has 1 aromatic rings. The van der Waals surface area contributed by atoms with Crippen molar-refractivity contribution in [3.8, 4) is 0 Å². The van der Waals surface area contributed by atoms with Crippen molar-refractivity contribution in [1.82, 2.24) is 4.90 Å². The summed E-state index contributed by atoms with van der Waals surface area (Å²) in [4.78, 5) is 14.2. The number of aryl methyl sites for hydroxylation is 1. The number of nitrogens with zero attached hydrogens (tertiary/aromatic N) is 2. The van der Waals surface area contributed by atoms with Gasteiger partial charge in [-0.15, -0.1) is 0 Å². The van der Waals surface area contributed by atoms with Crippen LogP contribution in [0.1, 0.15) is 15.9 Å². The quantitative estimate of drug-likeness (QED) is 0.798. The van der Waals surface area contributed by atoms with Crippen LogP contribution in [-0.2, 0) is 0 Å². The zero-order valence-corrected chi connectivity index (χ0v) is 11.3. The van der Waals surface area contributed by atoms with Gasteiger partial charge in [-0.1, -0.05) is 0 Å². The molecule has 0 spiro atoms. The van der Waals surface area contributed by atoms with E-state index in [9.17, 15) is 18.0 Å². The van der Waals surface area contributed by atoms with Crippen LogP contribution in [0.25, 0.3) is 0 Å². The highest BCUT2D eigenvalue weighted by molar-refractivity contribution is 5.77. The molecule has 0 atom stereocenters. The maximum atomic E-state index is 12.3. The van der Waals surface area contributed by atoms with E-state index in [1.807, 2.05) is 13.0 Å². The van der Waals surface area contributed by atoms with E-state index in [4.69, 9.17) is 0 Å². The van der Waals surface area contributed by atoms with E-state index >= 15 is 0 Å². The Morgan fingerprint density at radius 1 is 1.20 bits per heavy atom. The fraction of sp³-hybridized carbons (Fsp3) is 0.500. The minimum atomic E-state index is -4.14. The Morgan fingerprint density at radius 3 is 2.35 bits per heavy atom. The normalized spacial score (nSPS) is 17.3. The van der Waals surface area contributed by atoms with E-state index < -0.39 is 12.7 Å². The van der Waals surface area contributed by atoms with Crippen LogP contribution in [0.4, 0.5) is 18.9 Å². The van der Waals surface area contributed by atoms with Crippen LogP contribution < -0.4 is 4.90 Å². The number of anilines is 1. The van der Waals surface area contributed by atoms with Crippen LogP contribution in [0.15, 0.2) is 18.2 Å². The number of alkyl halides is 3. The lowest BCUT2D eigenvalue weighted by Crippen LogP contribution is -2.49. The number of piperazine rings is 1. The molecule has 1 saturated heterocycles. The first-order valence-corrected chi connectivity index (χ1v) is 6.49. The number of benzene rings is 1. The predicted molar refractivity (Wildman–Crippen MR) is 71.3 cm³/mol. The van der Waals surface area contributed by atoms with Gasteiger partial charge < -0.3 is 4.90 Å². The van der Waals surface area contributed by atoms with Crippen molar-refractivity contribution in [3.63, 3.8) is 0 Å². The molecule has 110 valence electrons. The van der Waals surface area contributed by atoms with Crippen molar-refractivity contribution in [2.75, 3.05) is 37.6 Å². The predicted octanol–water partition coefficient (Wildman–Crippen LogP) is 2.49. The van der Waals surface area contributed by atoms with Crippen molar-refractivity contribution in [3.05, 3.63) is 29.3 Å². The third-order valence-corrected chi connectivity index (χ3v) is 3.47. The molecule has 1 aliphatic rings. The average Bonchev–Trinajstić information content (AvgIpc) is 2.38. The summed E-state index contributed by atoms with van der Waals surface area (Å²) in [5.74, 6) is 0. The van der Waals surface area contributed by atoms with Crippen LogP contribution in [0, 0.1) is 6.92 Å². The number of hydrogen-bond donors (Lipinski definition) is 0. The van der Waals surface area contributed by atoms with Crippen molar-refractivity contribution >= 4 is 12.0 Å². The molecule has 0 saturated carbocycles. The minimum Gasteiger partial charge on any atom is -0.369 e. The molecule has 0 aromatic heterocycles. The Kier molecular flexibility index (Phi) is 4.32. The summed E-state index contributed by atoms with van der Waals surface area (Å²) >= 11 is 0. The highest BCUT2D eigenvalue weighted by Gasteiger charge is 2.32. The second-order valence-corrected chi connectivity index (χ2v) is 5.04. The number of aldehydes is 1. The summed E-state index contributed by atoms with van der Waals surface area (Å²) in [6, 6.07) is 5.39. The topological polar surface area (TPSA) is 23.6 Å². The highest BCUT2D eigenvalue weighted by atomic mass is 19.4. The van der Waals surface area contributed by atoms with Crippen LogP contribution in [0.5, 0.6) is 0 Å². The van der Waals surface area contributed by atoms with Gasteiger partial charge in [-0.3, -0.25) is 9.69 Å². The van der Waals surface area contributed by atoms with Crippen molar-refractivity contribution in [1.29, 1.82) is 0 Å². The van der Waals surface area contributed by atoms with Gasteiger partial charge in [0, 0.05) is 37.4 Å². The Hall–Kier alpha value is -1.56. The number of hydrogen-bond acceptors (Lipinski definition) is 3. The van der Waals surface area contributed by atoms with Crippen LogP contribution in [0.2, 0.25) is 0 Å². The Labute approximate surface area is 116 Å². The summed E-state index contributed by atoms with van der Waals surface area (Å²) in [5.41, 5.74) is 2.57. The molecular weight excluding hydrogens is 269 g/mol. The summed E-state index contributed by atoms with van der Waals surface area (Å²) in [7, 11) is 0. The van der Waals surface area contributed by atoms with E-state index in [-0.39, 0.29) is 0 Å². The third-order valence-electron chi connectivity index (χ3n) is 3.47.